The van der Waals surface area contributed by atoms with E-state index in [0.717, 1.165) is 5.52 Å². The van der Waals surface area contributed by atoms with Gasteiger partial charge in [0, 0.05) is 16.7 Å². The summed E-state index contributed by atoms with van der Waals surface area (Å²) < 4.78 is 0. The number of benzene rings is 2. The van der Waals surface area contributed by atoms with Gasteiger partial charge in [-0.1, -0.05) is 17.7 Å². The van der Waals surface area contributed by atoms with E-state index in [2.05, 4.69) is 20.5 Å². The summed E-state index contributed by atoms with van der Waals surface area (Å²) in [7, 11) is 0. The number of rotatable bonds is 4. The van der Waals surface area contributed by atoms with E-state index in [0.29, 0.717) is 16.5 Å². The fourth-order valence-electron chi connectivity index (χ4n) is 2.00. The van der Waals surface area contributed by atoms with Gasteiger partial charge in [-0.15, -0.1) is 0 Å². The van der Waals surface area contributed by atoms with Crippen molar-refractivity contribution in [3.8, 4) is 5.75 Å². The molecule has 0 bridgehead atoms. The number of nitrogens with one attached hydrogen (secondary N) is 2. The van der Waals surface area contributed by atoms with Crippen LogP contribution in [-0.4, -0.2) is 26.2 Å². The molecule has 0 atom stereocenters. The molecule has 0 saturated heterocycles. The quantitative estimate of drug-likeness (QED) is 0.385. The Kier molecular flexibility index (Phi) is 3.82. The molecule has 1 heterocycles. The zero-order valence-corrected chi connectivity index (χ0v) is 12.3. The number of aromatic amines is 1. The summed E-state index contributed by atoms with van der Waals surface area (Å²) in [6.45, 7) is 0. The van der Waals surface area contributed by atoms with E-state index in [1.165, 1.54) is 24.4 Å². The zero-order valence-electron chi connectivity index (χ0n) is 11.5. The van der Waals surface area contributed by atoms with Gasteiger partial charge in [-0.25, -0.2) is 10.4 Å². The van der Waals surface area contributed by atoms with E-state index >= 15 is 0 Å². The predicted molar refractivity (Wildman–Crippen MR) is 87.1 cm³/mol. The summed E-state index contributed by atoms with van der Waals surface area (Å²) >= 11 is 5.89. The van der Waals surface area contributed by atoms with Crippen LogP contribution in [0.1, 0.15) is 5.56 Å². The van der Waals surface area contributed by atoms with Gasteiger partial charge >= 0.3 is 5.69 Å². The van der Waals surface area contributed by atoms with Crippen molar-refractivity contribution in [3.63, 3.8) is 0 Å². The third-order valence-electron chi connectivity index (χ3n) is 3.06. The first-order valence-electron chi connectivity index (χ1n) is 6.45. The molecule has 0 unspecified atom stereocenters. The summed E-state index contributed by atoms with van der Waals surface area (Å²) in [4.78, 5) is 17.3. The maximum atomic E-state index is 10.8. The van der Waals surface area contributed by atoms with Crippen molar-refractivity contribution in [2.45, 2.75) is 0 Å². The number of para-hydroxylation sites is 1. The highest BCUT2D eigenvalue weighted by atomic mass is 35.5. The molecule has 0 aliphatic heterocycles. The standard InChI is InChI=1S/C14H10ClN5O3/c15-9-4-5-10-11(6-9)18-14(17-10)19-16-7-8-2-1-3-12(13(8)21)20(22)23/h1-7,21H,(H2,17,18,19)/b16-7-. The lowest BCUT2D eigenvalue weighted by molar-refractivity contribution is -0.385. The van der Waals surface area contributed by atoms with E-state index in [-0.39, 0.29) is 11.3 Å². The molecule has 0 fully saturated rings. The second-order valence-electron chi connectivity index (χ2n) is 4.59. The molecular formula is C14H10ClN5O3. The van der Waals surface area contributed by atoms with Gasteiger partial charge in [-0.05, 0) is 24.3 Å². The Bertz CT molecular complexity index is 922. The van der Waals surface area contributed by atoms with Gasteiger partial charge in [0.2, 0.25) is 11.7 Å². The van der Waals surface area contributed by atoms with Crippen molar-refractivity contribution in [2.75, 3.05) is 5.43 Å². The number of aromatic nitrogens is 2. The largest absolute Gasteiger partial charge is 0.502 e. The number of halogens is 1. The lowest BCUT2D eigenvalue weighted by Gasteiger charge is -1.99. The van der Waals surface area contributed by atoms with Crippen molar-refractivity contribution in [1.29, 1.82) is 0 Å². The monoisotopic (exact) mass is 331 g/mol. The van der Waals surface area contributed by atoms with Crippen LogP contribution in [0.2, 0.25) is 5.02 Å². The number of anilines is 1. The Hall–Kier alpha value is -3.13. The van der Waals surface area contributed by atoms with Crippen LogP contribution in [-0.2, 0) is 0 Å². The van der Waals surface area contributed by atoms with Crippen LogP contribution in [0.3, 0.4) is 0 Å². The molecule has 0 spiro atoms. The number of hydrogen-bond acceptors (Lipinski definition) is 6. The minimum atomic E-state index is -0.664. The van der Waals surface area contributed by atoms with Gasteiger partial charge in [0.15, 0.2) is 0 Å². The van der Waals surface area contributed by atoms with Crippen LogP contribution in [0.5, 0.6) is 5.75 Å². The van der Waals surface area contributed by atoms with Crippen molar-refractivity contribution >= 4 is 40.5 Å². The highest BCUT2D eigenvalue weighted by molar-refractivity contribution is 6.31. The van der Waals surface area contributed by atoms with Crippen molar-refractivity contribution in [2.24, 2.45) is 5.10 Å². The normalized spacial score (nSPS) is 11.2. The Morgan fingerprint density at radius 2 is 2.22 bits per heavy atom. The fraction of sp³-hybridized carbons (Fsp3) is 0. The average Bonchev–Trinajstić information content (AvgIpc) is 2.90. The Labute approximate surface area is 134 Å². The Morgan fingerprint density at radius 3 is 3.00 bits per heavy atom. The number of phenolic OH excluding ortho intramolecular Hbond substituents is 1. The first-order valence-corrected chi connectivity index (χ1v) is 6.83. The average molecular weight is 332 g/mol. The van der Waals surface area contributed by atoms with Gasteiger partial charge in [-0.2, -0.15) is 5.10 Å². The van der Waals surface area contributed by atoms with E-state index in [4.69, 9.17) is 11.6 Å². The lowest BCUT2D eigenvalue weighted by atomic mass is 10.2. The first-order chi connectivity index (χ1) is 11.0. The van der Waals surface area contributed by atoms with Crippen LogP contribution in [0.4, 0.5) is 11.6 Å². The molecule has 3 aromatic rings. The minimum absolute atomic E-state index is 0.214. The number of fused-ring (bicyclic) bond motifs is 1. The molecule has 0 aliphatic rings. The van der Waals surface area contributed by atoms with Gasteiger partial charge in [0.05, 0.1) is 22.2 Å². The van der Waals surface area contributed by atoms with Gasteiger partial charge in [0.25, 0.3) is 0 Å². The minimum Gasteiger partial charge on any atom is -0.502 e. The maximum Gasteiger partial charge on any atom is 0.311 e. The molecule has 23 heavy (non-hydrogen) atoms. The van der Waals surface area contributed by atoms with Crippen molar-refractivity contribution < 1.29 is 10.0 Å². The van der Waals surface area contributed by atoms with E-state index in [1.54, 1.807) is 18.2 Å². The number of hydrogen-bond donors (Lipinski definition) is 3. The third-order valence-corrected chi connectivity index (χ3v) is 3.30. The first kappa shape index (κ1) is 14.8. The van der Waals surface area contributed by atoms with E-state index in [9.17, 15) is 15.2 Å². The van der Waals surface area contributed by atoms with Gasteiger partial charge < -0.3 is 10.1 Å². The second kappa shape index (κ2) is 5.93. The molecule has 0 aliphatic carbocycles. The zero-order chi connectivity index (χ0) is 16.4. The van der Waals surface area contributed by atoms with Gasteiger partial charge in [0.1, 0.15) is 0 Å². The number of aromatic hydroxyl groups is 1. The molecule has 1 aromatic heterocycles. The van der Waals surface area contributed by atoms with Gasteiger partial charge in [-0.3, -0.25) is 10.1 Å². The summed E-state index contributed by atoms with van der Waals surface area (Å²) in [6, 6.07) is 9.39. The van der Waals surface area contributed by atoms with Crippen molar-refractivity contribution in [3.05, 3.63) is 57.1 Å². The molecule has 0 radical (unpaired) electrons. The molecule has 0 saturated carbocycles. The number of imidazole rings is 1. The molecule has 8 nitrogen and oxygen atoms in total. The summed E-state index contributed by atoms with van der Waals surface area (Å²) in [6.07, 6.45) is 1.27. The fourth-order valence-corrected chi connectivity index (χ4v) is 2.17. The molecule has 2 aromatic carbocycles. The topological polar surface area (TPSA) is 116 Å². The Balaban J connectivity index is 1.80. The maximum absolute atomic E-state index is 10.8. The SMILES string of the molecule is O=[N+]([O-])c1cccc(/C=N\Nc2nc3ccc(Cl)cc3[nH]2)c1O. The summed E-state index contributed by atoms with van der Waals surface area (Å²) in [5.41, 5.74) is 3.95. The van der Waals surface area contributed by atoms with Crippen LogP contribution < -0.4 is 5.43 Å². The van der Waals surface area contributed by atoms with E-state index < -0.39 is 10.7 Å². The smallest absolute Gasteiger partial charge is 0.311 e. The number of H-pyrrole nitrogens is 1. The number of phenols is 1. The number of nitro benzene ring substituents is 1. The van der Waals surface area contributed by atoms with Crippen LogP contribution >= 0.6 is 11.6 Å². The van der Waals surface area contributed by atoms with Crippen molar-refractivity contribution in [1.82, 2.24) is 9.97 Å². The molecule has 3 rings (SSSR count). The number of nitro groups is 1. The number of nitrogens with zero attached hydrogens (tertiary/aromatic N) is 3. The molecule has 0 amide bonds. The molecule has 3 N–H and O–H groups in total. The van der Waals surface area contributed by atoms with Crippen LogP contribution in [0.15, 0.2) is 41.5 Å². The summed E-state index contributed by atoms with van der Waals surface area (Å²) in [5, 5.41) is 25.0. The third kappa shape index (κ3) is 3.06. The van der Waals surface area contributed by atoms with E-state index in [1.807, 2.05) is 0 Å². The molecular weight excluding hydrogens is 322 g/mol. The molecule has 116 valence electrons. The summed E-state index contributed by atoms with van der Waals surface area (Å²) in [5.74, 6) is -0.0668. The Morgan fingerprint density at radius 1 is 1.39 bits per heavy atom. The van der Waals surface area contributed by atoms with Crippen LogP contribution in [0.25, 0.3) is 11.0 Å². The highest BCUT2D eigenvalue weighted by Gasteiger charge is 2.15. The lowest BCUT2D eigenvalue weighted by Crippen LogP contribution is -1.95. The highest BCUT2D eigenvalue weighted by Crippen LogP contribution is 2.28. The van der Waals surface area contributed by atoms with Crippen LogP contribution in [0, 0.1) is 10.1 Å². The second-order valence-corrected chi connectivity index (χ2v) is 5.03. The molecule has 9 heteroatoms. The predicted octanol–water partition coefficient (Wildman–Crippen LogP) is 3.28. The number of hydrazone groups is 1.